The summed E-state index contributed by atoms with van der Waals surface area (Å²) in [5.74, 6) is -1.25. The summed E-state index contributed by atoms with van der Waals surface area (Å²) in [7, 11) is 1.23. The number of benzene rings is 2. The number of thioether (sulfide) groups is 1. The van der Waals surface area contributed by atoms with Crippen LogP contribution in [0, 0.1) is 6.92 Å². The fraction of sp³-hybridized carbons (Fsp3) is 0.296. The molecule has 3 aromatic rings. The van der Waals surface area contributed by atoms with Gasteiger partial charge in [-0.3, -0.25) is 4.79 Å². The third kappa shape index (κ3) is 4.16. The molecule has 1 N–H and O–H groups in total. The molecular weight excluding hydrogens is 512 g/mol. The highest BCUT2D eigenvalue weighted by atomic mass is 35.5. The summed E-state index contributed by atoms with van der Waals surface area (Å²) in [6.45, 7) is 8.39. The summed E-state index contributed by atoms with van der Waals surface area (Å²) < 4.78 is 6.50. The van der Waals surface area contributed by atoms with Crippen molar-refractivity contribution in [1.82, 2.24) is 4.57 Å². The normalized spacial score (nSPS) is 21.7. The van der Waals surface area contributed by atoms with Crippen LogP contribution in [0.1, 0.15) is 43.9 Å². The Morgan fingerprint density at radius 2 is 1.92 bits per heavy atom. The Morgan fingerprint density at radius 3 is 2.59 bits per heavy atom. The van der Waals surface area contributed by atoms with E-state index in [0.29, 0.717) is 10.7 Å². The Kier molecular flexibility index (Phi) is 6.03. The van der Waals surface area contributed by atoms with E-state index in [1.807, 2.05) is 29.7 Å². The molecule has 1 amide bonds. The van der Waals surface area contributed by atoms with Crippen LogP contribution in [0.3, 0.4) is 0 Å². The van der Waals surface area contributed by atoms with E-state index >= 15 is 0 Å². The standard InChI is InChI=1S/C27H25ClN4O4S/c1-14-10-17-21(30-31-25-29-23(34)19(37-25)12-20(33)36-5)24(35)32-22(17)18(11-14)27(4,13-26(32,2)3)15-6-8-16(28)9-7-15/h6-12,35H,13H2,1-5H3. The van der Waals surface area contributed by atoms with E-state index in [4.69, 9.17) is 11.6 Å². The maximum Gasteiger partial charge on any atom is 0.331 e. The van der Waals surface area contributed by atoms with Crippen molar-refractivity contribution in [3.8, 4) is 5.88 Å². The van der Waals surface area contributed by atoms with Crippen molar-refractivity contribution < 1.29 is 19.4 Å². The fourth-order valence-electron chi connectivity index (χ4n) is 5.46. The van der Waals surface area contributed by atoms with Crippen molar-refractivity contribution in [3.05, 3.63) is 69.1 Å². The average molecular weight is 537 g/mol. The van der Waals surface area contributed by atoms with Gasteiger partial charge in [0.2, 0.25) is 11.0 Å². The number of aryl methyl sites for hydroxylation is 1. The number of esters is 1. The van der Waals surface area contributed by atoms with Gasteiger partial charge >= 0.3 is 5.97 Å². The van der Waals surface area contributed by atoms with E-state index < -0.39 is 17.4 Å². The number of halogens is 1. The molecule has 2 aliphatic heterocycles. The highest BCUT2D eigenvalue weighted by Gasteiger charge is 2.45. The smallest absolute Gasteiger partial charge is 0.331 e. The lowest BCUT2D eigenvalue weighted by Gasteiger charge is -2.45. The van der Waals surface area contributed by atoms with Crippen molar-refractivity contribution in [3.63, 3.8) is 0 Å². The molecule has 3 heterocycles. The Labute approximate surface area is 223 Å². The maximum atomic E-state index is 12.1. The monoisotopic (exact) mass is 536 g/mol. The summed E-state index contributed by atoms with van der Waals surface area (Å²) >= 11 is 7.11. The first-order valence-electron chi connectivity index (χ1n) is 11.6. The van der Waals surface area contributed by atoms with E-state index in [1.54, 1.807) is 0 Å². The van der Waals surface area contributed by atoms with Crippen LogP contribution >= 0.6 is 23.4 Å². The van der Waals surface area contributed by atoms with Crippen molar-refractivity contribution in [2.75, 3.05) is 7.11 Å². The van der Waals surface area contributed by atoms with Gasteiger partial charge in [0, 0.05) is 27.4 Å². The molecule has 0 saturated heterocycles. The second-order valence-electron chi connectivity index (χ2n) is 10.1. The molecule has 10 heteroatoms. The summed E-state index contributed by atoms with van der Waals surface area (Å²) in [6, 6.07) is 12.0. The molecule has 2 aromatic carbocycles. The van der Waals surface area contributed by atoms with Gasteiger partial charge in [-0.05, 0) is 73.8 Å². The number of amidine groups is 1. The van der Waals surface area contributed by atoms with E-state index in [9.17, 15) is 14.7 Å². The van der Waals surface area contributed by atoms with Gasteiger partial charge in [0.25, 0.3) is 5.91 Å². The van der Waals surface area contributed by atoms with Crippen molar-refractivity contribution >= 4 is 57.0 Å². The van der Waals surface area contributed by atoms with Gasteiger partial charge < -0.3 is 14.4 Å². The fourth-order valence-corrected chi connectivity index (χ4v) is 6.28. The second kappa shape index (κ2) is 8.85. The van der Waals surface area contributed by atoms with E-state index in [1.165, 1.54) is 7.11 Å². The molecule has 1 atom stereocenters. The lowest BCUT2D eigenvalue weighted by Crippen LogP contribution is -2.41. The molecule has 0 bridgehead atoms. The minimum absolute atomic E-state index is 0.00555. The largest absolute Gasteiger partial charge is 0.493 e. The Morgan fingerprint density at radius 1 is 1.22 bits per heavy atom. The maximum absolute atomic E-state index is 12.1. The van der Waals surface area contributed by atoms with Crippen molar-refractivity contribution in [1.29, 1.82) is 0 Å². The molecular formula is C27H25ClN4O4S. The predicted molar refractivity (Wildman–Crippen MR) is 145 cm³/mol. The zero-order chi connectivity index (χ0) is 26.7. The molecule has 190 valence electrons. The van der Waals surface area contributed by atoms with Crippen LogP contribution in [0.4, 0.5) is 5.69 Å². The number of azo groups is 1. The van der Waals surface area contributed by atoms with Gasteiger partial charge in [0.05, 0.1) is 17.5 Å². The van der Waals surface area contributed by atoms with Crippen LogP contribution in [-0.4, -0.2) is 33.8 Å². The average Bonchev–Trinajstić information content (AvgIpc) is 3.32. The Balaban J connectivity index is 1.65. The molecule has 37 heavy (non-hydrogen) atoms. The highest BCUT2D eigenvalue weighted by molar-refractivity contribution is 8.18. The number of carbonyl (C=O) groups is 2. The van der Waals surface area contributed by atoms with Crippen LogP contribution in [-0.2, 0) is 25.3 Å². The molecule has 8 nitrogen and oxygen atoms in total. The number of amides is 1. The molecule has 0 radical (unpaired) electrons. The SMILES string of the molecule is COC(=O)C=C1SC(N=Nc2c(O)n3c4c(cc(C)cc24)C(C)(c2ccc(Cl)cc2)CC3(C)C)=NC1=O. The third-order valence-electron chi connectivity index (χ3n) is 6.92. The first-order chi connectivity index (χ1) is 17.4. The van der Waals surface area contributed by atoms with Gasteiger partial charge in [0.1, 0.15) is 0 Å². The number of hydrogen-bond donors (Lipinski definition) is 1. The van der Waals surface area contributed by atoms with Crippen LogP contribution < -0.4 is 0 Å². The van der Waals surface area contributed by atoms with Crippen LogP contribution in [0.15, 0.2) is 62.6 Å². The number of methoxy groups -OCH3 is 1. The summed E-state index contributed by atoms with van der Waals surface area (Å²) in [4.78, 5) is 27.6. The molecule has 0 spiro atoms. The number of hydrogen-bond acceptors (Lipinski definition) is 7. The molecule has 0 saturated carbocycles. The molecule has 5 rings (SSSR count). The van der Waals surface area contributed by atoms with Gasteiger partial charge in [-0.1, -0.05) is 36.7 Å². The summed E-state index contributed by atoms with van der Waals surface area (Å²) in [5.41, 5.74) is 3.60. The molecule has 2 aliphatic rings. The summed E-state index contributed by atoms with van der Waals surface area (Å²) in [6.07, 6.45) is 1.80. The van der Waals surface area contributed by atoms with Crippen LogP contribution in [0.2, 0.25) is 5.02 Å². The number of rotatable bonds is 3. The highest BCUT2D eigenvalue weighted by Crippen LogP contribution is 2.55. The minimum atomic E-state index is -0.655. The zero-order valence-corrected chi connectivity index (χ0v) is 22.6. The van der Waals surface area contributed by atoms with E-state index in [2.05, 4.69) is 58.9 Å². The van der Waals surface area contributed by atoms with Gasteiger partial charge in [0.15, 0.2) is 5.69 Å². The van der Waals surface area contributed by atoms with Gasteiger partial charge in [-0.2, -0.15) is 4.99 Å². The lowest BCUT2D eigenvalue weighted by molar-refractivity contribution is -0.135. The topological polar surface area (TPSA) is 106 Å². The van der Waals surface area contributed by atoms with Crippen LogP contribution in [0.5, 0.6) is 5.88 Å². The van der Waals surface area contributed by atoms with Crippen molar-refractivity contribution in [2.24, 2.45) is 15.2 Å². The van der Waals surface area contributed by atoms with Gasteiger partial charge in [-0.25, -0.2) is 4.79 Å². The minimum Gasteiger partial charge on any atom is -0.493 e. The van der Waals surface area contributed by atoms with Crippen molar-refractivity contribution in [2.45, 2.75) is 45.1 Å². The molecule has 0 aliphatic carbocycles. The first kappa shape index (κ1) is 25.2. The number of aromatic hydroxyl groups is 1. The first-order valence-corrected chi connectivity index (χ1v) is 12.8. The Bertz CT molecular complexity index is 1570. The lowest BCUT2D eigenvalue weighted by atomic mass is 9.66. The molecule has 1 unspecified atom stereocenters. The second-order valence-corrected chi connectivity index (χ2v) is 11.5. The molecule has 0 fully saturated rings. The number of nitrogens with zero attached hydrogens (tertiary/aromatic N) is 4. The number of ether oxygens (including phenoxy) is 1. The molecule has 1 aromatic heterocycles. The van der Waals surface area contributed by atoms with E-state index in [-0.39, 0.29) is 21.4 Å². The summed E-state index contributed by atoms with van der Waals surface area (Å²) in [5, 5.41) is 21.4. The number of aliphatic imine (C=N–C) groups is 1. The van der Waals surface area contributed by atoms with Crippen LogP contribution in [0.25, 0.3) is 10.9 Å². The Hall–Kier alpha value is -3.43. The van der Waals surface area contributed by atoms with E-state index in [0.717, 1.165) is 51.9 Å². The quantitative estimate of drug-likeness (QED) is 0.233. The number of carbonyl (C=O) groups excluding carboxylic acids is 2. The van der Waals surface area contributed by atoms with Gasteiger partial charge in [-0.15, -0.1) is 10.2 Å². The number of aromatic nitrogens is 1. The predicted octanol–water partition coefficient (Wildman–Crippen LogP) is 6.52. The third-order valence-corrected chi connectivity index (χ3v) is 8.04. The zero-order valence-electron chi connectivity index (χ0n) is 21.0.